The summed E-state index contributed by atoms with van der Waals surface area (Å²) in [6.07, 6.45) is 0. The summed E-state index contributed by atoms with van der Waals surface area (Å²) in [5, 5.41) is 54.2. The number of benzene rings is 1. The van der Waals surface area contributed by atoms with Crippen molar-refractivity contribution in [3.63, 3.8) is 0 Å². The zero-order valence-electron chi connectivity index (χ0n) is 12.1. The van der Waals surface area contributed by atoms with Gasteiger partial charge in [-0.2, -0.15) is 0 Å². The van der Waals surface area contributed by atoms with Crippen LogP contribution in [0.5, 0.6) is 0 Å². The fraction of sp³-hybridized carbons (Fsp3) is 0. The third-order valence-electron chi connectivity index (χ3n) is 2.78. The van der Waals surface area contributed by atoms with Crippen LogP contribution >= 0.6 is 0 Å². The van der Waals surface area contributed by atoms with Gasteiger partial charge in [0.25, 0.3) is 0 Å². The molecule has 1 rings (SSSR count). The van der Waals surface area contributed by atoms with Crippen molar-refractivity contribution in [2.24, 2.45) is 0 Å². The Morgan fingerprint density at radius 1 is 0.360 bits per heavy atom. The third-order valence-corrected chi connectivity index (χ3v) is 2.78. The molecule has 1 aromatic rings. The zero-order chi connectivity index (χ0) is 18.9. The maximum atomic E-state index is 11.2. The zero-order valence-corrected chi connectivity index (χ0v) is 14.1. The molecule has 126 valence electrons. The molecule has 0 aromatic heterocycles. The summed E-state index contributed by atoms with van der Waals surface area (Å²) in [6, 6.07) is 0. The molecule has 0 spiro atoms. The number of carbonyl (C=O) groups is 6. The first kappa shape index (κ1) is 22.0. The quantitative estimate of drug-likeness (QED) is 0.275. The van der Waals surface area contributed by atoms with Crippen molar-refractivity contribution in [2.45, 2.75) is 0 Å². The van der Waals surface area contributed by atoms with Crippen LogP contribution in [0.2, 0.25) is 0 Å². The molecule has 0 heterocycles. The molecule has 0 atom stereocenters. The Bertz CT molecular complexity index is 639. The summed E-state index contributed by atoms with van der Waals surface area (Å²) in [5.74, 6) is -13.5. The van der Waals surface area contributed by atoms with Gasteiger partial charge >= 0.3 is 65.4 Å². The molecule has 25 heavy (non-hydrogen) atoms. The molecule has 0 saturated carbocycles. The average Bonchev–Trinajstić information content (AvgIpc) is 2.42. The van der Waals surface area contributed by atoms with Gasteiger partial charge in [0.15, 0.2) is 0 Å². The number of carboxylic acids is 6. The van der Waals surface area contributed by atoms with E-state index in [1.807, 2.05) is 0 Å². The predicted octanol–water partition coefficient (Wildman–Crippen LogP) is -3.12. The molecule has 6 N–H and O–H groups in total. The molecule has 0 saturated heterocycles. The first-order valence-electron chi connectivity index (χ1n) is 5.57. The number of aromatic carboxylic acids is 6. The summed E-state index contributed by atoms with van der Waals surface area (Å²) in [7, 11) is 0. The summed E-state index contributed by atoms with van der Waals surface area (Å²) < 4.78 is 0. The maximum absolute atomic E-state index is 11.2. The largest absolute Gasteiger partial charge is 1.00 e. The second kappa shape index (κ2) is 7.74. The number of hydrogen-bond donors (Lipinski definition) is 6. The van der Waals surface area contributed by atoms with Crippen LogP contribution in [0.1, 0.15) is 62.1 Å². The van der Waals surface area contributed by atoms with Gasteiger partial charge in [-0.3, -0.25) is 0 Å². The van der Waals surface area contributed by atoms with Crippen molar-refractivity contribution in [1.29, 1.82) is 0 Å². The Kier molecular flexibility index (Phi) is 6.82. The van der Waals surface area contributed by atoms with Crippen molar-refractivity contribution in [3.8, 4) is 0 Å². The minimum Gasteiger partial charge on any atom is -0.478 e. The van der Waals surface area contributed by atoms with Crippen LogP contribution in [0.25, 0.3) is 0 Å². The third kappa shape index (κ3) is 3.76. The number of carboxylic acid groups (broad SMARTS) is 6. The molecule has 0 radical (unpaired) electrons. The van der Waals surface area contributed by atoms with Crippen molar-refractivity contribution in [2.75, 3.05) is 0 Å². The molecule has 13 heteroatoms. The van der Waals surface area contributed by atoms with Gasteiger partial charge in [-0.15, -0.1) is 0 Å². The van der Waals surface area contributed by atoms with Crippen LogP contribution in [0.4, 0.5) is 0 Å². The summed E-state index contributed by atoms with van der Waals surface area (Å²) in [6.45, 7) is 0. The molecule has 0 aliphatic carbocycles. The number of rotatable bonds is 6. The molecular formula is C12H6NaO12+. The Morgan fingerprint density at radius 3 is 0.480 bits per heavy atom. The molecule has 0 bridgehead atoms. The molecular weight excluding hydrogens is 359 g/mol. The fourth-order valence-electron chi connectivity index (χ4n) is 2.03. The van der Waals surface area contributed by atoms with Crippen LogP contribution in [-0.4, -0.2) is 66.5 Å². The molecule has 12 nitrogen and oxygen atoms in total. The maximum Gasteiger partial charge on any atom is 1.00 e. The number of hydrogen-bond acceptors (Lipinski definition) is 6. The van der Waals surface area contributed by atoms with E-state index in [0.717, 1.165) is 0 Å². The average molecular weight is 365 g/mol. The van der Waals surface area contributed by atoms with Crippen LogP contribution in [0.3, 0.4) is 0 Å². The second-order valence-electron chi connectivity index (χ2n) is 4.08. The predicted molar refractivity (Wildman–Crippen MR) is 68.2 cm³/mol. The van der Waals surface area contributed by atoms with Gasteiger partial charge < -0.3 is 30.6 Å². The van der Waals surface area contributed by atoms with E-state index in [2.05, 4.69) is 0 Å². The minimum atomic E-state index is -2.26. The molecule has 0 fully saturated rings. The van der Waals surface area contributed by atoms with Crippen molar-refractivity contribution >= 4 is 35.8 Å². The molecule has 0 aliphatic heterocycles. The monoisotopic (exact) mass is 365 g/mol. The van der Waals surface area contributed by atoms with Crippen molar-refractivity contribution < 1.29 is 89.0 Å². The smallest absolute Gasteiger partial charge is 0.478 e. The van der Waals surface area contributed by atoms with Gasteiger partial charge in [-0.25, -0.2) is 28.8 Å². The van der Waals surface area contributed by atoms with E-state index >= 15 is 0 Å². The van der Waals surface area contributed by atoms with Gasteiger partial charge in [0.1, 0.15) is 0 Å². The van der Waals surface area contributed by atoms with Gasteiger partial charge in [0.2, 0.25) is 0 Å². The first-order valence-corrected chi connectivity index (χ1v) is 5.57. The van der Waals surface area contributed by atoms with Crippen LogP contribution in [0, 0.1) is 0 Å². The Morgan fingerprint density at radius 2 is 0.440 bits per heavy atom. The van der Waals surface area contributed by atoms with Crippen molar-refractivity contribution in [1.82, 2.24) is 0 Å². The van der Waals surface area contributed by atoms with E-state index < -0.39 is 69.2 Å². The standard InChI is InChI=1S/C12H6O12.Na/c13-7(14)1-2(8(15)16)4(10(19)20)6(12(23)24)5(11(21)22)3(1)9(17)18;/h(H,13,14)(H,15,16)(H,17,18)(H,19,20)(H,21,22)(H,23,24);/q;+1. The Hall–Kier alpha value is -2.96. The van der Waals surface area contributed by atoms with E-state index in [0.29, 0.717) is 0 Å². The molecule has 0 aliphatic rings. The van der Waals surface area contributed by atoms with E-state index in [-0.39, 0.29) is 29.6 Å². The van der Waals surface area contributed by atoms with Crippen LogP contribution < -0.4 is 29.6 Å². The SMILES string of the molecule is O=C(O)c1c(C(=O)O)c(C(=O)O)c(C(=O)O)c(C(=O)O)c1C(=O)O.[Na+]. The van der Waals surface area contributed by atoms with Crippen molar-refractivity contribution in [3.05, 3.63) is 33.4 Å². The van der Waals surface area contributed by atoms with E-state index in [9.17, 15) is 28.8 Å². The molecule has 1 aromatic carbocycles. The summed E-state index contributed by atoms with van der Waals surface area (Å²) in [4.78, 5) is 67.3. The van der Waals surface area contributed by atoms with Gasteiger partial charge in [0, 0.05) is 0 Å². The second-order valence-corrected chi connectivity index (χ2v) is 4.08. The summed E-state index contributed by atoms with van der Waals surface area (Å²) in [5.41, 5.74) is -9.95. The molecule has 0 unspecified atom stereocenters. The Labute approximate surface area is 158 Å². The van der Waals surface area contributed by atoms with E-state index in [1.54, 1.807) is 0 Å². The topological polar surface area (TPSA) is 224 Å². The van der Waals surface area contributed by atoms with Crippen LogP contribution in [0.15, 0.2) is 0 Å². The van der Waals surface area contributed by atoms with E-state index in [1.165, 1.54) is 0 Å². The first-order chi connectivity index (χ1) is 10.9. The fourth-order valence-corrected chi connectivity index (χ4v) is 2.03. The minimum absolute atomic E-state index is 0. The van der Waals surface area contributed by atoms with Gasteiger partial charge in [-0.1, -0.05) is 0 Å². The summed E-state index contributed by atoms with van der Waals surface area (Å²) >= 11 is 0. The van der Waals surface area contributed by atoms with Gasteiger partial charge in [0.05, 0.1) is 33.4 Å². The normalized spacial score (nSPS) is 9.60. The van der Waals surface area contributed by atoms with Gasteiger partial charge in [-0.05, 0) is 0 Å². The molecule has 0 amide bonds. The van der Waals surface area contributed by atoms with Crippen LogP contribution in [-0.2, 0) is 0 Å². The Balaban J connectivity index is 0.00000576. The van der Waals surface area contributed by atoms with E-state index in [4.69, 9.17) is 30.6 Å².